The number of methoxy groups -OCH3 is 1. The van der Waals surface area contributed by atoms with Crippen LogP contribution in [0.15, 0.2) is 35.9 Å². The van der Waals surface area contributed by atoms with Crippen LogP contribution in [0.2, 0.25) is 0 Å². The van der Waals surface area contributed by atoms with E-state index in [2.05, 4.69) is 11.0 Å². The van der Waals surface area contributed by atoms with Gasteiger partial charge in [0.15, 0.2) is 0 Å². The van der Waals surface area contributed by atoms with Gasteiger partial charge in [-0.2, -0.15) is 15.8 Å². The highest BCUT2D eigenvalue weighted by Gasteiger charge is 2.56. The lowest BCUT2D eigenvalue weighted by atomic mass is 9.55. The molecule has 7 nitrogen and oxygen atoms in total. The minimum Gasteiger partial charge on any atom is -0.465 e. The zero-order valence-corrected chi connectivity index (χ0v) is 16.3. The van der Waals surface area contributed by atoms with Crippen molar-refractivity contribution in [1.82, 2.24) is 4.90 Å². The molecule has 0 bridgehead atoms. The number of ether oxygens (including phenoxy) is 1. The van der Waals surface area contributed by atoms with Gasteiger partial charge >= 0.3 is 5.97 Å². The summed E-state index contributed by atoms with van der Waals surface area (Å²) >= 11 is 0. The molecule has 3 atom stereocenters. The fourth-order valence-corrected chi connectivity index (χ4v) is 4.43. The summed E-state index contributed by atoms with van der Waals surface area (Å²) in [6.07, 6.45) is 1.88. The van der Waals surface area contributed by atoms with Crippen LogP contribution in [0.3, 0.4) is 0 Å². The Morgan fingerprint density at radius 1 is 1.28 bits per heavy atom. The van der Waals surface area contributed by atoms with E-state index in [1.54, 1.807) is 24.3 Å². The zero-order valence-electron chi connectivity index (χ0n) is 16.3. The van der Waals surface area contributed by atoms with E-state index in [0.717, 1.165) is 12.1 Å². The van der Waals surface area contributed by atoms with Gasteiger partial charge in [-0.1, -0.05) is 25.1 Å². The van der Waals surface area contributed by atoms with Gasteiger partial charge in [0, 0.05) is 24.9 Å². The molecule has 29 heavy (non-hydrogen) atoms. The number of carbonyl (C=O) groups excluding carboxylic acids is 1. The maximum Gasteiger partial charge on any atom is 0.337 e. The molecule has 1 aromatic carbocycles. The largest absolute Gasteiger partial charge is 0.465 e. The van der Waals surface area contributed by atoms with Crippen molar-refractivity contribution in [1.29, 1.82) is 21.2 Å². The van der Waals surface area contributed by atoms with Crippen molar-refractivity contribution in [3.8, 4) is 18.2 Å². The Balaban J connectivity index is 2.15. The average Bonchev–Trinajstić information content (AvgIpc) is 2.78. The molecule has 1 N–H and O–H groups in total. The summed E-state index contributed by atoms with van der Waals surface area (Å²) < 4.78 is 4.74. The Hall–Kier alpha value is -3.47. The van der Waals surface area contributed by atoms with Gasteiger partial charge in [0.05, 0.1) is 42.5 Å². The van der Waals surface area contributed by atoms with Gasteiger partial charge in [0.1, 0.15) is 0 Å². The second-order valence-electron chi connectivity index (χ2n) is 7.25. The summed E-state index contributed by atoms with van der Waals surface area (Å²) in [5.41, 5.74) is -0.0564. The van der Waals surface area contributed by atoms with Crippen LogP contribution < -0.4 is 0 Å². The number of nitrogens with one attached hydrogen (secondary N) is 1. The Kier molecular flexibility index (Phi) is 5.50. The molecule has 1 fully saturated rings. The molecule has 0 unspecified atom stereocenters. The lowest BCUT2D eigenvalue weighted by Crippen LogP contribution is -2.52. The molecule has 1 heterocycles. The fourth-order valence-electron chi connectivity index (χ4n) is 4.43. The lowest BCUT2D eigenvalue weighted by molar-refractivity contribution is 0.0600. The Morgan fingerprint density at radius 3 is 2.45 bits per heavy atom. The second-order valence-corrected chi connectivity index (χ2v) is 7.25. The van der Waals surface area contributed by atoms with Crippen molar-refractivity contribution in [3.63, 3.8) is 0 Å². The Morgan fingerprint density at radius 2 is 1.93 bits per heavy atom. The quantitative estimate of drug-likeness (QED) is 0.628. The highest BCUT2D eigenvalue weighted by Crippen LogP contribution is 2.52. The fraction of sp³-hybridized carbons (Fsp3) is 0.409. The second kappa shape index (κ2) is 7.87. The first-order valence-electron chi connectivity index (χ1n) is 9.39. The van der Waals surface area contributed by atoms with Crippen LogP contribution in [-0.4, -0.2) is 43.3 Å². The summed E-state index contributed by atoms with van der Waals surface area (Å²) in [4.78, 5) is 13.9. The topological polar surface area (TPSA) is 125 Å². The van der Waals surface area contributed by atoms with E-state index in [9.17, 15) is 20.6 Å². The number of fused-ring (bicyclic) bond motifs is 1. The minimum absolute atomic E-state index is 0.167. The van der Waals surface area contributed by atoms with Crippen LogP contribution in [0.4, 0.5) is 0 Å². The molecule has 0 radical (unpaired) electrons. The van der Waals surface area contributed by atoms with E-state index < -0.39 is 17.3 Å². The third kappa shape index (κ3) is 3.09. The number of benzene rings is 1. The lowest BCUT2D eigenvalue weighted by Gasteiger charge is -2.47. The number of hydrogen-bond acceptors (Lipinski definition) is 7. The van der Waals surface area contributed by atoms with Crippen molar-refractivity contribution in [2.45, 2.75) is 12.8 Å². The summed E-state index contributed by atoms with van der Waals surface area (Å²) in [7, 11) is 1.31. The molecule has 0 amide bonds. The first-order valence-corrected chi connectivity index (χ1v) is 9.39. The number of esters is 1. The average molecular weight is 387 g/mol. The molecular formula is C22H21N5O2. The molecule has 146 valence electrons. The molecule has 1 saturated carbocycles. The third-order valence-electron chi connectivity index (χ3n) is 6.00. The van der Waals surface area contributed by atoms with Gasteiger partial charge in [0.2, 0.25) is 5.41 Å². The highest BCUT2D eigenvalue weighted by atomic mass is 16.5. The first-order chi connectivity index (χ1) is 14.0. The summed E-state index contributed by atoms with van der Waals surface area (Å²) in [6.45, 7) is 4.04. The molecule has 1 aliphatic heterocycles. The van der Waals surface area contributed by atoms with Crippen LogP contribution in [0.5, 0.6) is 0 Å². The van der Waals surface area contributed by atoms with Crippen LogP contribution >= 0.6 is 0 Å². The SMILES string of the molecule is CCN1CC=C2[C@@H](C1)[C@H](c1ccc(C(=O)OC)cc1)[C@H](C#N)C(=N)C2(C#N)C#N. The highest BCUT2D eigenvalue weighted by molar-refractivity contribution is 6.01. The molecule has 2 aliphatic rings. The van der Waals surface area contributed by atoms with Crippen LogP contribution in [0, 0.1) is 56.7 Å². The minimum atomic E-state index is -1.70. The number of hydrogen-bond donors (Lipinski definition) is 1. The van der Waals surface area contributed by atoms with Crippen molar-refractivity contribution >= 4 is 11.7 Å². The molecule has 1 aromatic rings. The number of nitrogens with zero attached hydrogens (tertiary/aromatic N) is 4. The molecule has 0 aromatic heterocycles. The van der Waals surface area contributed by atoms with E-state index in [4.69, 9.17) is 10.1 Å². The summed E-state index contributed by atoms with van der Waals surface area (Å²) in [6, 6.07) is 13.1. The number of rotatable bonds is 3. The van der Waals surface area contributed by atoms with Gasteiger partial charge in [-0.3, -0.25) is 4.90 Å². The van der Waals surface area contributed by atoms with Crippen molar-refractivity contribution in [3.05, 3.63) is 47.0 Å². The first kappa shape index (κ1) is 20.3. The van der Waals surface area contributed by atoms with Gasteiger partial charge in [-0.15, -0.1) is 0 Å². The third-order valence-corrected chi connectivity index (χ3v) is 6.00. The van der Waals surface area contributed by atoms with Crippen LogP contribution in [0.25, 0.3) is 0 Å². The maximum atomic E-state index is 11.7. The van der Waals surface area contributed by atoms with Gasteiger partial charge in [-0.05, 0) is 29.8 Å². The Labute approximate surface area is 169 Å². The standard InChI is InChI=1S/C22H21N5O2/c1-3-27-9-8-18-17(11-27)19(14-4-6-15(7-5-14)21(28)29-2)16(10-23)20(26)22(18,12-24)13-25/h4-8,16-17,19,26H,3,9,11H2,1-2H3/t16-,17+,19+/m0/s1. The van der Waals surface area contributed by atoms with Gasteiger partial charge < -0.3 is 10.1 Å². The summed E-state index contributed by atoms with van der Waals surface area (Å²) in [5.74, 6) is -1.98. The molecule has 0 spiro atoms. The predicted molar refractivity (Wildman–Crippen MR) is 105 cm³/mol. The van der Waals surface area contributed by atoms with E-state index in [0.29, 0.717) is 24.2 Å². The predicted octanol–water partition coefficient (Wildman–Crippen LogP) is 2.64. The number of likely N-dealkylation sites (N-methyl/N-ethyl adjacent to an activating group) is 1. The van der Waals surface area contributed by atoms with E-state index >= 15 is 0 Å². The van der Waals surface area contributed by atoms with Crippen LogP contribution in [-0.2, 0) is 4.74 Å². The number of carbonyl (C=O) groups is 1. The van der Waals surface area contributed by atoms with Crippen LogP contribution in [0.1, 0.15) is 28.8 Å². The van der Waals surface area contributed by atoms with Crippen molar-refractivity contribution in [2.24, 2.45) is 17.3 Å². The van der Waals surface area contributed by atoms with Gasteiger partial charge in [0.25, 0.3) is 0 Å². The van der Waals surface area contributed by atoms with Crippen molar-refractivity contribution < 1.29 is 9.53 Å². The molecule has 0 saturated heterocycles. The van der Waals surface area contributed by atoms with Crippen molar-refractivity contribution in [2.75, 3.05) is 26.7 Å². The van der Waals surface area contributed by atoms with Gasteiger partial charge in [-0.25, -0.2) is 4.79 Å². The maximum absolute atomic E-state index is 11.7. The van der Waals surface area contributed by atoms with E-state index in [1.165, 1.54) is 7.11 Å². The van der Waals surface area contributed by atoms with E-state index in [-0.39, 0.29) is 17.5 Å². The Bertz CT molecular complexity index is 976. The molecule has 1 aliphatic carbocycles. The molecule has 7 heteroatoms. The number of nitriles is 3. The van der Waals surface area contributed by atoms with E-state index in [1.807, 2.05) is 25.1 Å². The zero-order chi connectivity index (χ0) is 21.2. The molecular weight excluding hydrogens is 366 g/mol. The molecule has 3 rings (SSSR count). The monoisotopic (exact) mass is 387 g/mol. The smallest absolute Gasteiger partial charge is 0.337 e. The normalized spacial score (nSPS) is 25.6. The summed E-state index contributed by atoms with van der Waals surface area (Å²) in [5, 5.41) is 38.2.